The fourth-order valence-corrected chi connectivity index (χ4v) is 7.24. The summed E-state index contributed by atoms with van der Waals surface area (Å²) in [5.74, 6) is 4.50. The highest BCUT2D eigenvalue weighted by Gasteiger charge is 2.26. The molecule has 0 aromatic heterocycles. The second-order valence-corrected chi connectivity index (χ2v) is 10.6. The number of hydrogen-bond donors (Lipinski definition) is 1. The Balaban J connectivity index is 1.88. The highest BCUT2D eigenvalue weighted by atomic mass is 32.2. The van der Waals surface area contributed by atoms with Crippen LogP contribution in [0.15, 0.2) is 72.3 Å². The summed E-state index contributed by atoms with van der Waals surface area (Å²) in [4.78, 5) is 2.14. The molecule has 2 nitrogen and oxygen atoms in total. The van der Waals surface area contributed by atoms with E-state index in [1.165, 1.54) is 19.3 Å². The molecule has 1 aliphatic rings. The largest absolute Gasteiger partial charge is 0.298 e. The summed E-state index contributed by atoms with van der Waals surface area (Å²) >= 11 is 1.70. The van der Waals surface area contributed by atoms with Crippen molar-refractivity contribution in [2.75, 3.05) is 6.54 Å². The smallest absolute Gasteiger partial charge is 0.192 e. The summed E-state index contributed by atoms with van der Waals surface area (Å²) < 4.78 is 13.8. The Morgan fingerprint density at radius 1 is 0.893 bits per heavy atom. The van der Waals surface area contributed by atoms with E-state index in [-0.39, 0.29) is 0 Å². The van der Waals surface area contributed by atoms with E-state index in [4.69, 9.17) is 0 Å². The molecule has 0 spiro atoms. The third kappa shape index (κ3) is 5.73. The first-order valence-corrected chi connectivity index (χ1v) is 12.9. The molecule has 0 aliphatic carbocycles. The summed E-state index contributed by atoms with van der Waals surface area (Å²) in [6.07, 6.45) is 4.75. The zero-order valence-electron chi connectivity index (χ0n) is 16.8. The van der Waals surface area contributed by atoms with E-state index in [2.05, 4.69) is 43.2 Å². The molecule has 1 heterocycles. The van der Waals surface area contributed by atoms with Crippen molar-refractivity contribution in [3.05, 3.63) is 83.4 Å². The van der Waals surface area contributed by atoms with Gasteiger partial charge in [-0.15, -0.1) is 0 Å². The molecule has 0 amide bonds. The highest BCUT2D eigenvalue weighted by Crippen LogP contribution is 2.58. The van der Waals surface area contributed by atoms with Crippen molar-refractivity contribution < 1.29 is 4.57 Å². The molecule has 0 saturated carbocycles. The topological polar surface area (TPSA) is 29.1 Å². The predicted molar refractivity (Wildman–Crippen MR) is 125 cm³/mol. The summed E-state index contributed by atoms with van der Waals surface area (Å²) in [7, 11) is -2.75. The second-order valence-electron chi connectivity index (χ2n) is 7.31. The van der Waals surface area contributed by atoms with Gasteiger partial charge in [-0.25, -0.2) is 0 Å². The van der Waals surface area contributed by atoms with Gasteiger partial charge in [0, 0.05) is 28.0 Å². The molecule has 148 valence electrons. The van der Waals surface area contributed by atoms with E-state index in [1.807, 2.05) is 48.0 Å². The third-order valence-corrected chi connectivity index (χ3v) is 8.58. The van der Waals surface area contributed by atoms with E-state index >= 15 is 0 Å². The molecule has 0 bridgehead atoms. The van der Waals surface area contributed by atoms with E-state index in [1.54, 1.807) is 11.8 Å². The molecule has 28 heavy (non-hydrogen) atoms. The van der Waals surface area contributed by atoms with Gasteiger partial charge in [-0.1, -0.05) is 106 Å². The Kier molecular flexibility index (Phi) is 7.79. The maximum Gasteiger partial charge on any atom is 0.192 e. The first-order valence-electron chi connectivity index (χ1n) is 10.2. The molecule has 0 radical (unpaired) electrons. The van der Waals surface area contributed by atoms with Crippen LogP contribution in [0.2, 0.25) is 0 Å². The Labute approximate surface area is 174 Å². The summed E-state index contributed by atoms with van der Waals surface area (Å²) in [6.45, 7) is 5.26. The van der Waals surface area contributed by atoms with Gasteiger partial charge < -0.3 is 0 Å². The zero-order chi connectivity index (χ0) is 19.8. The van der Waals surface area contributed by atoms with E-state index < -0.39 is 7.29 Å². The maximum atomic E-state index is 13.8. The maximum absolute atomic E-state index is 13.8. The van der Waals surface area contributed by atoms with Gasteiger partial charge in [0.05, 0.1) is 0 Å². The standard InChI is InChI=1S/C24H30NOPS/c1-3-5-12-20(4-2)17-25-27(26)18-23(21-13-8-6-9-14-21)28-24(19-27)22-15-10-7-11-16-22/h6-11,13-16,18-20H,3-5,12,17H2,1-2H3,(H,25,26)/t20-/m0/s1. The molecular weight excluding hydrogens is 381 g/mol. The van der Waals surface area contributed by atoms with E-state index in [9.17, 15) is 4.57 Å². The van der Waals surface area contributed by atoms with Gasteiger partial charge in [-0.2, -0.15) is 0 Å². The van der Waals surface area contributed by atoms with Gasteiger partial charge in [0.25, 0.3) is 0 Å². The average Bonchev–Trinajstić information content (AvgIpc) is 2.75. The van der Waals surface area contributed by atoms with Crippen LogP contribution in [0.1, 0.15) is 50.7 Å². The lowest BCUT2D eigenvalue weighted by Crippen LogP contribution is -2.19. The van der Waals surface area contributed by atoms with Crippen molar-refractivity contribution in [3.8, 4) is 0 Å². The van der Waals surface area contributed by atoms with Crippen molar-refractivity contribution in [2.24, 2.45) is 5.92 Å². The van der Waals surface area contributed by atoms with Crippen LogP contribution in [0, 0.1) is 5.92 Å². The minimum Gasteiger partial charge on any atom is -0.298 e. The van der Waals surface area contributed by atoms with Crippen molar-refractivity contribution in [2.45, 2.75) is 39.5 Å². The number of hydrogen-bond acceptors (Lipinski definition) is 2. The third-order valence-electron chi connectivity index (χ3n) is 5.12. The predicted octanol–water partition coefficient (Wildman–Crippen LogP) is 7.81. The van der Waals surface area contributed by atoms with Crippen LogP contribution in [0.5, 0.6) is 0 Å². The van der Waals surface area contributed by atoms with Crippen LogP contribution in [0.3, 0.4) is 0 Å². The quantitative estimate of drug-likeness (QED) is 0.427. The normalized spacial score (nSPS) is 16.9. The molecule has 0 saturated heterocycles. The molecule has 1 aliphatic heterocycles. The Morgan fingerprint density at radius 3 is 1.89 bits per heavy atom. The molecule has 1 N–H and O–H groups in total. The molecule has 4 heteroatoms. The molecule has 0 fully saturated rings. The SMILES string of the molecule is CCCC[C@H](CC)CNP1(=O)C=C(c2ccccc2)SC(c2ccccc2)=C1. The lowest BCUT2D eigenvalue weighted by atomic mass is 10.00. The number of rotatable bonds is 9. The minimum atomic E-state index is -2.75. The number of thioether (sulfide) groups is 1. The zero-order valence-corrected chi connectivity index (χ0v) is 18.5. The van der Waals surface area contributed by atoms with Gasteiger partial charge in [0.1, 0.15) is 0 Å². The Bertz CT molecular complexity index is 801. The number of unbranched alkanes of at least 4 members (excludes halogenated alkanes) is 1. The fourth-order valence-electron chi connectivity index (χ4n) is 3.33. The molecule has 0 unspecified atom stereocenters. The van der Waals surface area contributed by atoms with Gasteiger partial charge in [0.2, 0.25) is 0 Å². The van der Waals surface area contributed by atoms with E-state index in [0.29, 0.717) is 5.92 Å². The van der Waals surface area contributed by atoms with Crippen molar-refractivity contribution >= 4 is 28.9 Å². The molecule has 2 aromatic carbocycles. The van der Waals surface area contributed by atoms with Crippen LogP contribution < -0.4 is 5.09 Å². The van der Waals surface area contributed by atoms with Crippen LogP contribution in [0.25, 0.3) is 9.81 Å². The van der Waals surface area contributed by atoms with Gasteiger partial charge in [-0.3, -0.25) is 9.65 Å². The first-order chi connectivity index (χ1) is 13.6. The monoisotopic (exact) mass is 411 g/mol. The van der Waals surface area contributed by atoms with Crippen LogP contribution in [0.4, 0.5) is 0 Å². The lowest BCUT2D eigenvalue weighted by molar-refractivity contribution is 0.445. The first kappa shape index (κ1) is 21.2. The Hall–Kier alpha value is -1.54. The van der Waals surface area contributed by atoms with Crippen molar-refractivity contribution in [1.29, 1.82) is 0 Å². The fraction of sp³-hybridized carbons (Fsp3) is 0.333. The van der Waals surface area contributed by atoms with Crippen LogP contribution in [-0.2, 0) is 4.57 Å². The Morgan fingerprint density at radius 2 is 1.43 bits per heavy atom. The van der Waals surface area contributed by atoms with Crippen LogP contribution in [-0.4, -0.2) is 6.54 Å². The highest BCUT2D eigenvalue weighted by molar-refractivity contribution is 8.17. The second kappa shape index (κ2) is 10.3. The summed E-state index contributed by atoms with van der Waals surface area (Å²) in [5, 5.41) is 3.45. The molecule has 1 atom stereocenters. The molecular formula is C24H30NOPS. The molecule has 2 aromatic rings. The number of nitrogens with one attached hydrogen (secondary N) is 1. The lowest BCUT2D eigenvalue weighted by Gasteiger charge is -2.24. The summed E-state index contributed by atoms with van der Waals surface area (Å²) in [5.41, 5.74) is 2.24. The van der Waals surface area contributed by atoms with E-state index in [0.717, 1.165) is 33.9 Å². The van der Waals surface area contributed by atoms with Gasteiger partial charge >= 0.3 is 0 Å². The number of benzene rings is 2. The van der Waals surface area contributed by atoms with Gasteiger partial charge in [-0.05, 0) is 23.5 Å². The van der Waals surface area contributed by atoms with Gasteiger partial charge in [0.15, 0.2) is 7.29 Å². The van der Waals surface area contributed by atoms with Crippen molar-refractivity contribution in [3.63, 3.8) is 0 Å². The van der Waals surface area contributed by atoms with Crippen molar-refractivity contribution in [1.82, 2.24) is 5.09 Å². The minimum absolute atomic E-state index is 0.572. The van der Waals surface area contributed by atoms with Crippen LogP contribution >= 0.6 is 19.1 Å². The molecule has 3 rings (SSSR count). The summed E-state index contributed by atoms with van der Waals surface area (Å²) in [6, 6.07) is 20.5. The average molecular weight is 412 g/mol.